The Hall–Kier alpha value is -2.90. The monoisotopic (exact) mass is 346 g/mol. The topological polar surface area (TPSA) is 106 Å². The van der Waals surface area contributed by atoms with Crippen LogP contribution in [0.3, 0.4) is 0 Å². The van der Waals surface area contributed by atoms with Gasteiger partial charge in [-0.15, -0.1) is 5.10 Å². The van der Waals surface area contributed by atoms with E-state index in [9.17, 15) is 9.59 Å². The summed E-state index contributed by atoms with van der Waals surface area (Å²) in [7, 11) is 0. The van der Waals surface area contributed by atoms with Crippen molar-refractivity contribution in [2.24, 2.45) is 5.92 Å². The van der Waals surface area contributed by atoms with Gasteiger partial charge in [0, 0.05) is 6.54 Å². The predicted octanol–water partition coefficient (Wildman–Crippen LogP) is 1.81. The van der Waals surface area contributed by atoms with E-state index in [4.69, 9.17) is 9.84 Å². The lowest BCUT2D eigenvalue weighted by molar-refractivity contribution is -0.140. The molecule has 0 radical (unpaired) electrons. The molecule has 0 bridgehead atoms. The lowest BCUT2D eigenvalue weighted by Gasteiger charge is -2.10. The molecule has 0 fully saturated rings. The summed E-state index contributed by atoms with van der Waals surface area (Å²) in [5, 5.41) is 19.3. The summed E-state index contributed by atoms with van der Waals surface area (Å²) >= 11 is 0. The molecule has 2 N–H and O–H groups in total. The maximum atomic E-state index is 12.2. The molecule has 0 aliphatic heterocycles. The molecule has 134 valence electrons. The number of carboxylic acid groups (broad SMARTS) is 1. The van der Waals surface area contributed by atoms with Crippen molar-refractivity contribution in [1.29, 1.82) is 0 Å². The van der Waals surface area contributed by atoms with Crippen LogP contribution in [-0.4, -0.2) is 44.6 Å². The molecule has 0 aliphatic carbocycles. The molecule has 2 aromatic rings. The summed E-state index contributed by atoms with van der Waals surface area (Å²) < 4.78 is 7.15. The van der Waals surface area contributed by atoms with Crippen molar-refractivity contribution in [2.45, 2.75) is 33.8 Å². The summed E-state index contributed by atoms with van der Waals surface area (Å²) in [6.07, 6.45) is 0.0856. The number of hydrogen-bond donors (Lipinski definition) is 2. The SMILES string of the molecule is Cc1c(C(=O)NCC(C)C(=O)O)nnn1-c1ccc(OC(C)C)cc1. The second-order valence-electron chi connectivity index (χ2n) is 6.05. The van der Waals surface area contributed by atoms with Gasteiger partial charge in [0.05, 0.1) is 23.4 Å². The highest BCUT2D eigenvalue weighted by Crippen LogP contribution is 2.18. The third-order valence-corrected chi connectivity index (χ3v) is 3.55. The van der Waals surface area contributed by atoms with Crippen molar-refractivity contribution in [3.05, 3.63) is 35.7 Å². The van der Waals surface area contributed by atoms with Crippen LogP contribution >= 0.6 is 0 Å². The van der Waals surface area contributed by atoms with Crippen LogP contribution in [0.5, 0.6) is 5.75 Å². The number of benzene rings is 1. The lowest BCUT2D eigenvalue weighted by atomic mass is 10.2. The summed E-state index contributed by atoms with van der Waals surface area (Å²) in [6, 6.07) is 7.30. The number of nitrogens with one attached hydrogen (secondary N) is 1. The van der Waals surface area contributed by atoms with Gasteiger partial charge in [-0.05, 0) is 45.0 Å². The van der Waals surface area contributed by atoms with E-state index in [0.29, 0.717) is 5.69 Å². The minimum atomic E-state index is -0.968. The third kappa shape index (κ3) is 4.56. The van der Waals surface area contributed by atoms with Crippen molar-refractivity contribution < 1.29 is 19.4 Å². The summed E-state index contributed by atoms with van der Waals surface area (Å²) in [5.41, 5.74) is 1.48. The van der Waals surface area contributed by atoms with Crippen LogP contribution in [0.2, 0.25) is 0 Å². The van der Waals surface area contributed by atoms with E-state index in [1.54, 1.807) is 11.6 Å². The zero-order valence-corrected chi connectivity index (χ0v) is 14.7. The summed E-state index contributed by atoms with van der Waals surface area (Å²) in [5.74, 6) is -1.34. The van der Waals surface area contributed by atoms with Crippen LogP contribution in [-0.2, 0) is 4.79 Å². The van der Waals surface area contributed by atoms with Gasteiger partial charge in [0.15, 0.2) is 5.69 Å². The predicted molar refractivity (Wildman–Crippen MR) is 91.0 cm³/mol. The van der Waals surface area contributed by atoms with Crippen LogP contribution < -0.4 is 10.1 Å². The van der Waals surface area contributed by atoms with Gasteiger partial charge in [0.1, 0.15) is 5.75 Å². The van der Waals surface area contributed by atoms with E-state index in [1.165, 1.54) is 6.92 Å². The average molecular weight is 346 g/mol. The van der Waals surface area contributed by atoms with Crippen LogP contribution in [0.4, 0.5) is 0 Å². The smallest absolute Gasteiger partial charge is 0.308 e. The standard InChI is InChI=1S/C17H22N4O4/c1-10(2)25-14-7-5-13(6-8-14)21-12(4)15(19-20-21)16(22)18-9-11(3)17(23)24/h5-8,10-11H,9H2,1-4H3,(H,18,22)(H,23,24). The number of carboxylic acids is 1. The van der Waals surface area contributed by atoms with Crippen molar-refractivity contribution in [1.82, 2.24) is 20.3 Å². The largest absolute Gasteiger partial charge is 0.491 e. The molecular formula is C17H22N4O4. The highest BCUT2D eigenvalue weighted by atomic mass is 16.5. The Balaban J connectivity index is 2.12. The number of carbonyl (C=O) groups excluding carboxylic acids is 1. The maximum Gasteiger partial charge on any atom is 0.308 e. The Labute approximate surface area is 145 Å². The molecule has 0 saturated heterocycles. The first-order valence-electron chi connectivity index (χ1n) is 8.00. The fraction of sp³-hybridized carbons (Fsp3) is 0.412. The molecule has 8 nitrogen and oxygen atoms in total. The number of hydrogen-bond acceptors (Lipinski definition) is 5. The third-order valence-electron chi connectivity index (χ3n) is 3.55. The first-order chi connectivity index (χ1) is 11.8. The van der Waals surface area contributed by atoms with Gasteiger partial charge in [0.2, 0.25) is 0 Å². The fourth-order valence-corrected chi connectivity index (χ4v) is 2.14. The second kappa shape index (κ2) is 7.78. The molecule has 8 heteroatoms. The van der Waals surface area contributed by atoms with Gasteiger partial charge in [0.25, 0.3) is 5.91 Å². The fourth-order valence-electron chi connectivity index (χ4n) is 2.14. The molecule has 1 aromatic carbocycles. The zero-order valence-electron chi connectivity index (χ0n) is 14.7. The van der Waals surface area contributed by atoms with Gasteiger partial charge in [-0.25, -0.2) is 4.68 Å². The molecule has 1 amide bonds. The van der Waals surface area contributed by atoms with Gasteiger partial charge >= 0.3 is 5.97 Å². The van der Waals surface area contributed by atoms with Crippen LogP contribution in [0, 0.1) is 12.8 Å². The molecule has 1 heterocycles. The molecule has 1 aromatic heterocycles. The van der Waals surface area contributed by atoms with Crippen LogP contribution in [0.15, 0.2) is 24.3 Å². The zero-order chi connectivity index (χ0) is 18.6. The van der Waals surface area contributed by atoms with Gasteiger partial charge < -0.3 is 15.2 Å². The first kappa shape index (κ1) is 18.4. The van der Waals surface area contributed by atoms with Gasteiger partial charge in [-0.3, -0.25) is 9.59 Å². The Morgan fingerprint density at radius 1 is 1.24 bits per heavy atom. The van der Waals surface area contributed by atoms with E-state index < -0.39 is 17.8 Å². The Bertz CT molecular complexity index is 753. The van der Waals surface area contributed by atoms with Crippen LogP contribution in [0.25, 0.3) is 5.69 Å². The number of aromatic nitrogens is 3. The molecule has 25 heavy (non-hydrogen) atoms. The first-order valence-corrected chi connectivity index (χ1v) is 8.00. The molecule has 0 saturated carbocycles. The Morgan fingerprint density at radius 2 is 1.88 bits per heavy atom. The maximum absolute atomic E-state index is 12.2. The molecule has 2 rings (SSSR count). The quantitative estimate of drug-likeness (QED) is 0.792. The minimum absolute atomic E-state index is 0.0295. The van der Waals surface area contributed by atoms with Crippen molar-refractivity contribution in [3.8, 4) is 11.4 Å². The van der Waals surface area contributed by atoms with Gasteiger partial charge in [-0.2, -0.15) is 0 Å². The minimum Gasteiger partial charge on any atom is -0.491 e. The highest BCUT2D eigenvalue weighted by molar-refractivity contribution is 5.93. The number of nitrogens with zero attached hydrogens (tertiary/aromatic N) is 3. The van der Waals surface area contributed by atoms with E-state index in [1.807, 2.05) is 38.1 Å². The van der Waals surface area contributed by atoms with Gasteiger partial charge in [-0.1, -0.05) is 12.1 Å². The molecular weight excluding hydrogens is 324 g/mol. The molecule has 1 unspecified atom stereocenters. The number of ether oxygens (including phenoxy) is 1. The number of amides is 1. The Morgan fingerprint density at radius 3 is 2.44 bits per heavy atom. The Kier molecular flexibility index (Phi) is 5.74. The normalized spacial score (nSPS) is 12.0. The lowest BCUT2D eigenvalue weighted by Crippen LogP contribution is -2.32. The van der Waals surface area contributed by atoms with Crippen molar-refractivity contribution >= 4 is 11.9 Å². The van der Waals surface area contributed by atoms with Crippen molar-refractivity contribution in [3.63, 3.8) is 0 Å². The van der Waals surface area contributed by atoms with E-state index in [-0.39, 0.29) is 18.3 Å². The highest BCUT2D eigenvalue weighted by Gasteiger charge is 2.19. The van der Waals surface area contributed by atoms with E-state index in [0.717, 1.165) is 11.4 Å². The average Bonchev–Trinajstić information content (AvgIpc) is 2.94. The van der Waals surface area contributed by atoms with E-state index >= 15 is 0 Å². The van der Waals surface area contributed by atoms with E-state index in [2.05, 4.69) is 15.6 Å². The molecule has 1 atom stereocenters. The summed E-state index contributed by atoms with van der Waals surface area (Å²) in [6.45, 7) is 7.18. The number of aliphatic carboxylic acids is 1. The number of rotatable bonds is 7. The van der Waals surface area contributed by atoms with Crippen LogP contribution in [0.1, 0.15) is 37.0 Å². The number of carbonyl (C=O) groups is 2. The van der Waals surface area contributed by atoms with Crippen molar-refractivity contribution in [2.75, 3.05) is 6.54 Å². The summed E-state index contributed by atoms with van der Waals surface area (Å²) in [4.78, 5) is 23.0. The molecule has 0 spiro atoms. The second-order valence-corrected chi connectivity index (χ2v) is 6.05. The molecule has 0 aliphatic rings.